The summed E-state index contributed by atoms with van der Waals surface area (Å²) in [4.78, 5) is 0. The first kappa shape index (κ1) is 16.1. The fraction of sp³-hybridized carbons (Fsp3) is 1.00. The van der Waals surface area contributed by atoms with Gasteiger partial charge in [0, 0.05) is 0 Å². The molecule has 108 valence electrons. The molecule has 2 fully saturated rings. The van der Waals surface area contributed by atoms with E-state index in [-0.39, 0.29) is 0 Å². The fourth-order valence-electron chi connectivity index (χ4n) is 3.93. The van der Waals surface area contributed by atoms with Gasteiger partial charge in [0.25, 0.3) is 0 Å². The monoisotopic (exact) mass is 252 g/mol. The molecule has 2 saturated carbocycles. The molecule has 18 heavy (non-hydrogen) atoms. The first-order valence-electron chi connectivity index (χ1n) is 8.19. The molecule has 0 aliphatic heterocycles. The lowest BCUT2D eigenvalue weighted by atomic mass is 9.82. The Hall–Kier alpha value is 0. The lowest BCUT2D eigenvalue weighted by Gasteiger charge is -2.23. The molecule has 0 spiro atoms. The zero-order chi connectivity index (χ0) is 14.1. The van der Waals surface area contributed by atoms with Crippen molar-refractivity contribution in [3.05, 3.63) is 0 Å². The molecule has 0 aromatic heterocycles. The zero-order valence-corrected chi connectivity index (χ0v) is 14.1. The van der Waals surface area contributed by atoms with Gasteiger partial charge in [-0.2, -0.15) is 0 Å². The summed E-state index contributed by atoms with van der Waals surface area (Å²) in [6, 6.07) is 0. The maximum Gasteiger partial charge on any atom is -0.0251 e. The Morgan fingerprint density at radius 3 is 0.611 bits per heavy atom. The third-order valence-corrected chi connectivity index (χ3v) is 6.25. The molecule has 0 aromatic rings. The second-order valence-electron chi connectivity index (χ2n) is 8.09. The van der Waals surface area contributed by atoms with Crippen molar-refractivity contribution in [3.8, 4) is 0 Å². The van der Waals surface area contributed by atoms with Crippen LogP contribution in [0, 0.1) is 34.5 Å². The van der Waals surface area contributed by atoms with E-state index in [1.54, 1.807) is 0 Å². The van der Waals surface area contributed by atoms with Crippen LogP contribution >= 0.6 is 0 Å². The first-order valence-corrected chi connectivity index (χ1v) is 8.19. The summed E-state index contributed by atoms with van der Waals surface area (Å²) in [7, 11) is 0. The Labute approximate surface area is 116 Å². The highest BCUT2D eigenvalue weighted by molar-refractivity contribution is 4.98. The molecule has 2 rings (SSSR count). The molecule has 0 unspecified atom stereocenters. The predicted octanol–water partition coefficient (Wildman–Crippen LogP) is 6.16. The second-order valence-corrected chi connectivity index (χ2v) is 8.09. The lowest BCUT2D eigenvalue weighted by molar-refractivity contribution is 0.260. The Kier molecular flexibility index (Phi) is 4.95. The van der Waals surface area contributed by atoms with Crippen LogP contribution in [-0.2, 0) is 0 Å². The van der Waals surface area contributed by atoms with Gasteiger partial charge in [-0.3, -0.25) is 0 Å². The minimum Gasteiger partial charge on any atom is -0.0622 e. The number of rotatable bonds is 4. The molecule has 0 bridgehead atoms. The third-order valence-electron chi connectivity index (χ3n) is 6.25. The first-order chi connectivity index (χ1) is 8.19. The maximum atomic E-state index is 2.35. The summed E-state index contributed by atoms with van der Waals surface area (Å²) in [5.41, 5.74) is 1.50. The van der Waals surface area contributed by atoms with E-state index in [0.29, 0.717) is 0 Å². The Balaban J connectivity index is 0.000000180. The predicted molar refractivity (Wildman–Crippen MR) is 82.7 cm³/mol. The summed E-state index contributed by atoms with van der Waals surface area (Å²) in [5, 5.41) is 0. The zero-order valence-electron chi connectivity index (χ0n) is 14.1. The van der Waals surface area contributed by atoms with Crippen LogP contribution in [-0.4, -0.2) is 0 Å². The second kappa shape index (κ2) is 5.55. The summed E-state index contributed by atoms with van der Waals surface area (Å²) in [6.07, 6.45) is 5.90. The van der Waals surface area contributed by atoms with Crippen LogP contribution in [0.2, 0.25) is 0 Å². The largest absolute Gasteiger partial charge is 0.0622 e. The fourth-order valence-corrected chi connectivity index (χ4v) is 3.93. The van der Waals surface area contributed by atoms with Gasteiger partial charge in [-0.25, -0.2) is 0 Å². The molecule has 0 saturated heterocycles. The molecule has 0 heterocycles. The highest BCUT2D eigenvalue weighted by Gasteiger charge is 2.48. The van der Waals surface area contributed by atoms with Crippen molar-refractivity contribution in [1.82, 2.24) is 0 Å². The van der Waals surface area contributed by atoms with Crippen LogP contribution in [0.3, 0.4) is 0 Å². The van der Waals surface area contributed by atoms with E-state index in [9.17, 15) is 0 Å². The van der Waals surface area contributed by atoms with Crippen LogP contribution in [0.4, 0.5) is 0 Å². The van der Waals surface area contributed by atoms with Crippen LogP contribution in [0.5, 0.6) is 0 Å². The van der Waals surface area contributed by atoms with Gasteiger partial charge >= 0.3 is 0 Å². The van der Waals surface area contributed by atoms with E-state index in [2.05, 4.69) is 55.4 Å². The van der Waals surface area contributed by atoms with Crippen LogP contribution in [0.1, 0.15) is 81.1 Å². The van der Waals surface area contributed by atoms with Gasteiger partial charge in [-0.05, 0) is 60.2 Å². The van der Waals surface area contributed by atoms with Gasteiger partial charge in [0.1, 0.15) is 0 Å². The normalized spacial score (nSPS) is 23.3. The lowest BCUT2D eigenvalue weighted by Crippen LogP contribution is -2.16. The van der Waals surface area contributed by atoms with Crippen LogP contribution in [0.15, 0.2) is 0 Å². The van der Waals surface area contributed by atoms with Gasteiger partial charge < -0.3 is 0 Å². The van der Waals surface area contributed by atoms with Gasteiger partial charge in [0.15, 0.2) is 0 Å². The quantitative estimate of drug-likeness (QED) is 0.562. The topological polar surface area (TPSA) is 0 Å². The van der Waals surface area contributed by atoms with Gasteiger partial charge in [-0.15, -0.1) is 0 Å². The molecule has 0 nitrogen and oxygen atoms in total. The van der Waals surface area contributed by atoms with Crippen molar-refractivity contribution < 1.29 is 0 Å². The minimum absolute atomic E-state index is 0.750. The standard InChI is InChI=1S/2C9H18/c2*1-7(2)9(5-6-9)8(3)4/h2*7-8H,5-6H2,1-4H3. The summed E-state index contributed by atoms with van der Waals surface area (Å²) in [6.45, 7) is 18.8. The molecule has 0 atom stereocenters. The molecule has 0 N–H and O–H groups in total. The highest BCUT2D eigenvalue weighted by atomic mass is 14.5. The Bertz CT molecular complexity index is 201. The maximum absolute atomic E-state index is 2.35. The number of hydrogen-bond acceptors (Lipinski definition) is 0. The van der Waals surface area contributed by atoms with Crippen LogP contribution < -0.4 is 0 Å². The van der Waals surface area contributed by atoms with E-state index in [1.807, 2.05) is 0 Å². The van der Waals surface area contributed by atoms with Crippen molar-refractivity contribution in [1.29, 1.82) is 0 Å². The van der Waals surface area contributed by atoms with Gasteiger partial charge in [0.2, 0.25) is 0 Å². The SMILES string of the molecule is CC(C)C1(C(C)C)CC1.CC(C)C1(C(C)C)CC1. The van der Waals surface area contributed by atoms with E-state index >= 15 is 0 Å². The average molecular weight is 252 g/mol. The van der Waals surface area contributed by atoms with E-state index in [0.717, 1.165) is 34.5 Å². The van der Waals surface area contributed by atoms with Crippen molar-refractivity contribution in [2.24, 2.45) is 34.5 Å². The van der Waals surface area contributed by atoms with E-state index in [4.69, 9.17) is 0 Å². The van der Waals surface area contributed by atoms with E-state index in [1.165, 1.54) is 25.7 Å². The smallest absolute Gasteiger partial charge is 0.0251 e. The number of hydrogen-bond donors (Lipinski definition) is 0. The molecular weight excluding hydrogens is 216 g/mol. The molecule has 0 aromatic carbocycles. The van der Waals surface area contributed by atoms with Crippen molar-refractivity contribution in [2.75, 3.05) is 0 Å². The summed E-state index contributed by atoms with van der Waals surface area (Å²) in [5.74, 6) is 3.60. The van der Waals surface area contributed by atoms with Crippen molar-refractivity contribution in [2.45, 2.75) is 81.1 Å². The molecule has 2 aliphatic carbocycles. The molecule has 0 radical (unpaired) electrons. The third kappa shape index (κ3) is 3.11. The average Bonchev–Trinajstić information content (AvgIpc) is 3.13. The molecule has 2 aliphatic rings. The van der Waals surface area contributed by atoms with Crippen LogP contribution in [0.25, 0.3) is 0 Å². The highest BCUT2D eigenvalue weighted by Crippen LogP contribution is 2.57. The van der Waals surface area contributed by atoms with Gasteiger partial charge in [-0.1, -0.05) is 55.4 Å². The summed E-state index contributed by atoms with van der Waals surface area (Å²) >= 11 is 0. The molecule has 0 amide bonds. The Morgan fingerprint density at radius 1 is 0.444 bits per heavy atom. The molecule has 0 heteroatoms. The summed E-state index contributed by atoms with van der Waals surface area (Å²) < 4.78 is 0. The van der Waals surface area contributed by atoms with Gasteiger partial charge in [0.05, 0.1) is 0 Å². The van der Waals surface area contributed by atoms with E-state index < -0.39 is 0 Å². The Morgan fingerprint density at radius 2 is 0.611 bits per heavy atom. The van der Waals surface area contributed by atoms with Crippen molar-refractivity contribution in [3.63, 3.8) is 0 Å². The minimum atomic E-state index is 0.750. The van der Waals surface area contributed by atoms with Crippen molar-refractivity contribution >= 4 is 0 Å². The molecular formula is C18H36.